The Morgan fingerprint density at radius 3 is 2.68 bits per heavy atom. The van der Waals surface area contributed by atoms with Crippen LogP contribution in [0.25, 0.3) is 0 Å². The van der Waals surface area contributed by atoms with Gasteiger partial charge in [-0.1, -0.05) is 12.1 Å². The predicted octanol–water partition coefficient (Wildman–Crippen LogP) is 2.99. The second-order valence-electron chi connectivity index (χ2n) is 5.38. The van der Waals surface area contributed by atoms with Gasteiger partial charge in [0.1, 0.15) is 12.4 Å². The molecular weight excluding hydrogens is 262 g/mol. The summed E-state index contributed by atoms with van der Waals surface area (Å²) in [5.74, 6) is 0.854. The summed E-state index contributed by atoms with van der Waals surface area (Å²) in [6, 6.07) is 8.06. The lowest BCUT2D eigenvalue weighted by Crippen LogP contribution is -2.30. The Balaban J connectivity index is 2.51. The van der Waals surface area contributed by atoms with Gasteiger partial charge in [0.15, 0.2) is 0 Å². The fourth-order valence-electron chi connectivity index (χ4n) is 2.00. The van der Waals surface area contributed by atoms with E-state index in [0.29, 0.717) is 13.2 Å². The molecule has 1 rings (SSSR count). The summed E-state index contributed by atoms with van der Waals surface area (Å²) in [5.41, 5.74) is 7.29. The number of halogens is 1. The summed E-state index contributed by atoms with van der Waals surface area (Å²) < 4.78 is 10.5. The first-order valence-electron chi connectivity index (χ1n) is 6.56. The van der Waals surface area contributed by atoms with Crippen LogP contribution in [0.5, 0.6) is 5.75 Å². The Bertz CT molecular complexity index is 377. The van der Waals surface area contributed by atoms with Gasteiger partial charge in [0.2, 0.25) is 0 Å². The van der Waals surface area contributed by atoms with E-state index in [1.54, 1.807) is 7.11 Å². The lowest BCUT2D eigenvalue weighted by molar-refractivity contribution is 0.146. The molecule has 0 amide bonds. The molecule has 0 radical (unpaired) electrons. The predicted molar refractivity (Wildman–Crippen MR) is 80.0 cm³/mol. The van der Waals surface area contributed by atoms with E-state index in [1.807, 2.05) is 32.0 Å². The molecule has 108 valence electrons. The molecule has 0 heterocycles. The van der Waals surface area contributed by atoms with Crippen LogP contribution >= 0.6 is 11.6 Å². The highest BCUT2D eigenvalue weighted by atomic mass is 35.5. The van der Waals surface area contributed by atoms with Crippen molar-refractivity contribution in [2.45, 2.75) is 37.6 Å². The lowest BCUT2D eigenvalue weighted by Gasteiger charge is -2.21. The summed E-state index contributed by atoms with van der Waals surface area (Å²) in [5, 5.41) is 0. The molecule has 0 fully saturated rings. The second-order valence-corrected chi connectivity index (χ2v) is 6.40. The Morgan fingerprint density at radius 2 is 2.05 bits per heavy atom. The van der Waals surface area contributed by atoms with Gasteiger partial charge in [-0.15, -0.1) is 11.6 Å². The number of hydrogen-bond donors (Lipinski definition) is 1. The molecule has 0 spiro atoms. The normalized spacial score (nSPS) is 13.3. The molecule has 0 aromatic heterocycles. The average Bonchev–Trinajstić information content (AvgIpc) is 2.27. The number of methoxy groups -OCH3 is 1. The fourth-order valence-corrected chi connectivity index (χ4v) is 2.20. The van der Waals surface area contributed by atoms with Crippen molar-refractivity contribution in [2.75, 3.05) is 20.3 Å². The monoisotopic (exact) mass is 285 g/mol. The highest BCUT2D eigenvalue weighted by molar-refractivity contribution is 6.23. The second kappa shape index (κ2) is 7.73. The summed E-state index contributed by atoms with van der Waals surface area (Å²) in [4.78, 5) is -0.258. The van der Waals surface area contributed by atoms with Crippen molar-refractivity contribution >= 4 is 11.6 Å². The number of ether oxygens (including phenoxy) is 2. The smallest absolute Gasteiger partial charge is 0.119 e. The van der Waals surface area contributed by atoms with Crippen LogP contribution in [0.3, 0.4) is 0 Å². The minimum Gasteiger partial charge on any atom is -0.491 e. The third kappa shape index (κ3) is 7.41. The van der Waals surface area contributed by atoms with Gasteiger partial charge in [0.25, 0.3) is 0 Å². The molecule has 0 aliphatic heterocycles. The molecule has 3 nitrogen and oxygen atoms in total. The SMILES string of the molecule is COCCOc1cccc(CC(N)CC(C)(C)Cl)c1. The zero-order valence-corrected chi connectivity index (χ0v) is 12.7. The van der Waals surface area contributed by atoms with E-state index in [2.05, 4.69) is 6.07 Å². The van der Waals surface area contributed by atoms with E-state index in [-0.39, 0.29) is 10.9 Å². The van der Waals surface area contributed by atoms with E-state index in [0.717, 1.165) is 18.6 Å². The maximum absolute atomic E-state index is 6.19. The Hall–Kier alpha value is -0.770. The average molecular weight is 286 g/mol. The highest BCUT2D eigenvalue weighted by Crippen LogP contribution is 2.21. The van der Waals surface area contributed by atoms with Crippen LogP contribution in [-0.4, -0.2) is 31.2 Å². The molecule has 0 saturated carbocycles. The van der Waals surface area contributed by atoms with Crippen LogP contribution in [0.2, 0.25) is 0 Å². The van der Waals surface area contributed by atoms with E-state index in [9.17, 15) is 0 Å². The summed E-state index contributed by atoms with van der Waals surface area (Å²) >= 11 is 6.19. The molecule has 0 aliphatic rings. The maximum atomic E-state index is 6.19. The minimum absolute atomic E-state index is 0.0572. The highest BCUT2D eigenvalue weighted by Gasteiger charge is 2.18. The van der Waals surface area contributed by atoms with Crippen LogP contribution < -0.4 is 10.5 Å². The van der Waals surface area contributed by atoms with Crippen molar-refractivity contribution in [3.05, 3.63) is 29.8 Å². The molecule has 0 saturated heterocycles. The molecule has 0 aliphatic carbocycles. The summed E-state index contributed by atoms with van der Waals surface area (Å²) in [6.07, 6.45) is 1.58. The first-order chi connectivity index (χ1) is 8.90. The van der Waals surface area contributed by atoms with Gasteiger partial charge < -0.3 is 15.2 Å². The van der Waals surface area contributed by atoms with Gasteiger partial charge in [-0.2, -0.15) is 0 Å². The van der Waals surface area contributed by atoms with E-state index < -0.39 is 0 Å². The molecular formula is C15H24ClNO2. The van der Waals surface area contributed by atoms with Gasteiger partial charge in [-0.3, -0.25) is 0 Å². The molecule has 1 unspecified atom stereocenters. The maximum Gasteiger partial charge on any atom is 0.119 e. The first kappa shape index (κ1) is 16.3. The van der Waals surface area contributed by atoms with Crippen LogP contribution in [0.15, 0.2) is 24.3 Å². The Morgan fingerprint density at radius 1 is 1.32 bits per heavy atom. The number of hydrogen-bond acceptors (Lipinski definition) is 3. The third-order valence-electron chi connectivity index (χ3n) is 2.70. The minimum atomic E-state index is -0.258. The molecule has 4 heteroatoms. The third-order valence-corrected chi connectivity index (χ3v) is 2.85. The lowest BCUT2D eigenvalue weighted by atomic mass is 9.97. The Kier molecular flexibility index (Phi) is 6.63. The van der Waals surface area contributed by atoms with Gasteiger partial charge in [-0.25, -0.2) is 0 Å². The summed E-state index contributed by atoms with van der Waals surface area (Å²) in [7, 11) is 1.66. The summed E-state index contributed by atoms with van der Waals surface area (Å²) in [6.45, 7) is 5.11. The molecule has 1 aromatic carbocycles. The molecule has 0 bridgehead atoms. The van der Waals surface area contributed by atoms with Gasteiger partial charge in [-0.05, 0) is 44.4 Å². The van der Waals surface area contributed by atoms with E-state index >= 15 is 0 Å². The van der Waals surface area contributed by atoms with Crippen LogP contribution in [-0.2, 0) is 11.2 Å². The van der Waals surface area contributed by atoms with Crippen molar-refractivity contribution in [1.29, 1.82) is 0 Å². The zero-order chi connectivity index (χ0) is 14.3. The molecule has 19 heavy (non-hydrogen) atoms. The van der Waals surface area contributed by atoms with Crippen LogP contribution in [0.4, 0.5) is 0 Å². The van der Waals surface area contributed by atoms with E-state index in [1.165, 1.54) is 5.56 Å². The zero-order valence-electron chi connectivity index (χ0n) is 12.0. The largest absolute Gasteiger partial charge is 0.491 e. The molecule has 1 atom stereocenters. The topological polar surface area (TPSA) is 44.5 Å². The number of nitrogens with two attached hydrogens (primary N) is 1. The number of alkyl halides is 1. The molecule has 2 N–H and O–H groups in total. The van der Waals surface area contributed by atoms with E-state index in [4.69, 9.17) is 26.8 Å². The van der Waals surface area contributed by atoms with Crippen molar-refractivity contribution in [3.63, 3.8) is 0 Å². The van der Waals surface area contributed by atoms with Crippen molar-refractivity contribution in [1.82, 2.24) is 0 Å². The molecule has 1 aromatic rings. The van der Waals surface area contributed by atoms with Gasteiger partial charge in [0, 0.05) is 18.0 Å². The van der Waals surface area contributed by atoms with Crippen molar-refractivity contribution in [2.24, 2.45) is 5.73 Å². The number of benzene rings is 1. The quantitative estimate of drug-likeness (QED) is 0.590. The van der Waals surface area contributed by atoms with Gasteiger partial charge in [0.05, 0.1) is 6.61 Å². The fraction of sp³-hybridized carbons (Fsp3) is 0.600. The van der Waals surface area contributed by atoms with Crippen LogP contribution in [0.1, 0.15) is 25.8 Å². The van der Waals surface area contributed by atoms with Crippen molar-refractivity contribution < 1.29 is 9.47 Å². The first-order valence-corrected chi connectivity index (χ1v) is 6.93. The Labute approximate surface area is 121 Å². The van der Waals surface area contributed by atoms with Gasteiger partial charge >= 0.3 is 0 Å². The number of rotatable bonds is 8. The standard InChI is InChI=1S/C15H24ClNO2/c1-15(2,16)11-13(17)9-12-5-4-6-14(10-12)19-8-7-18-3/h4-6,10,13H,7-9,11,17H2,1-3H3. The van der Waals surface area contributed by atoms with Crippen molar-refractivity contribution in [3.8, 4) is 5.75 Å². The van der Waals surface area contributed by atoms with Crippen LogP contribution in [0, 0.1) is 0 Å².